The number of aromatic nitrogens is 1. The lowest BCUT2D eigenvalue weighted by Gasteiger charge is -2.36. The number of amides is 1. The molecule has 0 aliphatic carbocycles. The van der Waals surface area contributed by atoms with Crippen molar-refractivity contribution in [1.82, 2.24) is 9.88 Å². The first-order valence-corrected chi connectivity index (χ1v) is 10.1. The van der Waals surface area contributed by atoms with E-state index in [-0.39, 0.29) is 31.6 Å². The molecule has 0 saturated heterocycles. The summed E-state index contributed by atoms with van der Waals surface area (Å²) in [4.78, 5) is 29.3. The number of hydrogen-bond donors (Lipinski definition) is 2. The summed E-state index contributed by atoms with van der Waals surface area (Å²) in [6, 6.07) is 13.7. The van der Waals surface area contributed by atoms with Crippen molar-refractivity contribution in [3.8, 4) is 11.5 Å². The van der Waals surface area contributed by atoms with E-state index in [0.717, 1.165) is 23.2 Å². The number of fused-ring (bicyclic) bond motifs is 4. The zero-order valence-electron chi connectivity index (χ0n) is 16.4. The van der Waals surface area contributed by atoms with Crippen LogP contribution < -0.4 is 9.47 Å². The molecule has 0 saturated carbocycles. The molecule has 2 aliphatic heterocycles. The maximum atomic E-state index is 13.1. The smallest absolute Gasteiger partial charge is 0.303 e. The molecule has 5 rings (SSSR count). The van der Waals surface area contributed by atoms with Crippen LogP contribution in [0.3, 0.4) is 0 Å². The summed E-state index contributed by atoms with van der Waals surface area (Å²) in [7, 11) is 0. The van der Waals surface area contributed by atoms with E-state index >= 15 is 0 Å². The lowest BCUT2D eigenvalue weighted by atomic mass is 9.91. The van der Waals surface area contributed by atoms with Crippen LogP contribution in [-0.2, 0) is 16.0 Å². The Bertz CT molecular complexity index is 1140. The van der Waals surface area contributed by atoms with Crippen molar-refractivity contribution in [2.75, 3.05) is 13.3 Å². The zero-order chi connectivity index (χ0) is 20.7. The number of hydrogen-bond acceptors (Lipinski definition) is 4. The number of nitrogens with zero attached hydrogens (tertiary/aromatic N) is 1. The van der Waals surface area contributed by atoms with Crippen LogP contribution in [0.15, 0.2) is 42.5 Å². The van der Waals surface area contributed by atoms with E-state index in [1.54, 1.807) is 0 Å². The van der Waals surface area contributed by atoms with Crippen molar-refractivity contribution in [2.24, 2.45) is 0 Å². The second-order valence-corrected chi connectivity index (χ2v) is 7.66. The molecular weight excluding hydrogens is 384 g/mol. The number of para-hydroxylation sites is 1. The van der Waals surface area contributed by atoms with Crippen molar-refractivity contribution >= 4 is 22.8 Å². The van der Waals surface area contributed by atoms with Gasteiger partial charge in [0.25, 0.3) is 0 Å². The number of aliphatic carboxylic acids is 1. The monoisotopic (exact) mass is 406 g/mol. The van der Waals surface area contributed by atoms with Gasteiger partial charge >= 0.3 is 5.97 Å². The van der Waals surface area contributed by atoms with E-state index < -0.39 is 5.97 Å². The predicted molar refractivity (Wildman–Crippen MR) is 110 cm³/mol. The Hall–Kier alpha value is -3.48. The molecule has 2 N–H and O–H groups in total. The maximum absolute atomic E-state index is 13.1. The van der Waals surface area contributed by atoms with Gasteiger partial charge in [-0.2, -0.15) is 0 Å². The molecule has 1 aromatic heterocycles. The summed E-state index contributed by atoms with van der Waals surface area (Å²) in [6.07, 6.45) is 1.29. The molecule has 3 heterocycles. The van der Waals surface area contributed by atoms with Crippen LogP contribution in [0.4, 0.5) is 0 Å². The molecule has 1 atom stereocenters. The Balaban J connectivity index is 1.55. The molecule has 0 bridgehead atoms. The van der Waals surface area contributed by atoms with Crippen LogP contribution in [0.25, 0.3) is 10.9 Å². The summed E-state index contributed by atoms with van der Waals surface area (Å²) in [6.45, 7) is 0.777. The maximum Gasteiger partial charge on any atom is 0.303 e. The lowest BCUT2D eigenvalue weighted by Crippen LogP contribution is -2.40. The van der Waals surface area contributed by atoms with Gasteiger partial charge in [0.1, 0.15) is 0 Å². The number of benzene rings is 2. The lowest BCUT2D eigenvalue weighted by molar-refractivity contribution is -0.137. The number of nitrogens with one attached hydrogen (secondary N) is 1. The van der Waals surface area contributed by atoms with Crippen LogP contribution in [0.2, 0.25) is 0 Å². The minimum absolute atomic E-state index is 0.00803. The molecule has 30 heavy (non-hydrogen) atoms. The van der Waals surface area contributed by atoms with Crippen LogP contribution in [-0.4, -0.2) is 40.2 Å². The second-order valence-electron chi connectivity index (χ2n) is 7.66. The average molecular weight is 406 g/mol. The van der Waals surface area contributed by atoms with Crippen molar-refractivity contribution in [1.29, 1.82) is 0 Å². The third-order valence-electron chi connectivity index (χ3n) is 5.85. The summed E-state index contributed by atoms with van der Waals surface area (Å²) < 4.78 is 11.0. The fourth-order valence-corrected chi connectivity index (χ4v) is 4.47. The third-order valence-corrected chi connectivity index (χ3v) is 5.85. The van der Waals surface area contributed by atoms with Crippen LogP contribution in [0.5, 0.6) is 11.5 Å². The van der Waals surface area contributed by atoms with Gasteiger partial charge in [-0.1, -0.05) is 24.3 Å². The first kappa shape index (κ1) is 18.5. The molecule has 1 amide bonds. The van der Waals surface area contributed by atoms with E-state index in [1.807, 2.05) is 41.3 Å². The van der Waals surface area contributed by atoms with Gasteiger partial charge < -0.3 is 24.5 Å². The molecule has 0 radical (unpaired) electrons. The summed E-state index contributed by atoms with van der Waals surface area (Å²) in [5, 5.41) is 10.1. The molecule has 7 nitrogen and oxygen atoms in total. The minimum Gasteiger partial charge on any atom is -0.481 e. The number of carbonyl (C=O) groups excluding carboxylic acids is 1. The molecule has 1 unspecified atom stereocenters. The molecule has 7 heteroatoms. The second kappa shape index (κ2) is 7.40. The number of ether oxygens (including phenoxy) is 2. The standard InChI is InChI=1S/C23H22N2O5/c26-20(6-3-7-21(27)28)25-11-10-16-15-4-1-2-5-17(15)24-22(16)23(25)14-8-9-18-19(12-14)30-13-29-18/h1-2,4-5,8-9,12,23-24H,3,6-7,10-11,13H2,(H,27,28). The van der Waals surface area contributed by atoms with Gasteiger partial charge in [0.15, 0.2) is 11.5 Å². The SMILES string of the molecule is O=C(O)CCCC(=O)N1CCc2c([nH]c3ccccc23)C1c1ccc2c(c1)OCO2. The molecule has 3 aromatic rings. The van der Waals surface area contributed by atoms with Crippen molar-refractivity contribution < 1.29 is 24.2 Å². The molecule has 0 spiro atoms. The Labute approximate surface area is 173 Å². The van der Waals surface area contributed by atoms with Gasteiger partial charge in [-0.25, -0.2) is 0 Å². The number of carbonyl (C=O) groups is 2. The van der Waals surface area contributed by atoms with E-state index in [4.69, 9.17) is 14.6 Å². The zero-order valence-corrected chi connectivity index (χ0v) is 16.4. The Morgan fingerprint density at radius 2 is 1.93 bits per heavy atom. The third kappa shape index (κ3) is 3.16. The van der Waals surface area contributed by atoms with Crippen LogP contribution >= 0.6 is 0 Å². The molecule has 2 aliphatic rings. The Morgan fingerprint density at radius 3 is 2.80 bits per heavy atom. The van der Waals surface area contributed by atoms with Gasteiger partial charge in [0.05, 0.1) is 6.04 Å². The van der Waals surface area contributed by atoms with E-state index in [2.05, 4.69) is 11.1 Å². The Kier molecular flexibility index (Phi) is 4.58. The van der Waals surface area contributed by atoms with E-state index in [0.29, 0.717) is 24.5 Å². The van der Waals surface area contributed by atoms with E-state index in [1.165, 1.54) is 10.9 Å². The van der Waals surface area contributed by atoms with Crippen molar-refractivity contribution in [2.45, 2.75) is 31.7 Å². The van der Waals surface area contributed by atoms with Crippen molar-refractivity contribution in [3.63, 3.8) is 0 Å². The topological polar surface area (TPSA) is 91.9 Å². The molecule has 2 aromatic carbocycles. The molecule has 0 fully saturated rings. The largest absolute Gasteiger partial charge is 0.481 e. The highest BCUT2D eigenvalue weighted by Gasteiger charge is 2.35. The normalized spacial score (nSPS) is 17.2. The first-order valence-electron chi connectivity index (χ1n) is 10.1. The number of carboxylic acid groups (broad SMARTS) is 1. The first-order chi connectivity index (χ1) is 14.6. The van der Waals surface area contributed by atoms with E-state index in [9.17, 15) is 9.59 Å². The summed E-state index contributed by atoms with van der Waals surface area (Å²) >= 11 is 0. The highest BCUT2D eigenvalue weighted by Crippen LogP contribution is 2.42. The molecular formula is C23H22N2O5. The van der Waals surface area contributed by atoms with Gasteiger partial charge in [-0.05, 0) is 42.2 Å². The van der Waals surface area contributed by atoms with Gasteiger partial charge in [-0.15, -0.1) is 0 Å². The quantitative estimate of drug-likeness (QED) is 0.675. The fourth-order valence-electron chi connectivity index (χ4n) is 4.47. The highest BCUT2D eigenvalue weighted by molar-refractivity contribution is 5.86. The van der Waals surface area contributed by atoms with Gasteiger partial charge in [0, 0.05) is 36.0 Å². The van der Waals surface area contributed by atoms with Gasteiger partial charge in [0.2, 0.25) is 12.7 Å². The van der Waals surface area contributed by atoms with Crippen molar-refractivity contribution in [3.05, 3.63) is 59.3 Å². The highest BCUT2D eigenvalue weighted by atomic mass is 16.7. The summed E-state index contributed by atoms with van der Waals surface area (Å²) in [5.41, 5.74) is 4.22. The minimum atomic E-state index is -0.883. The number of H-pyrrole nitrogens is 1. The number of aromatic amines is 1. The number of carboxylic acids is 1. The molecule has 154 valence electrons. The average Bonchev–Trinajstić information content (AvgIpc) is 3.36. The fraction of sp³-hybridized carbons (Fsp3) is 0.304. The number of rotatable bonds is 5. The van der Waals surface area contributed by atoms with Crippen LogP contribution in [0, 0.1) is 0 Å². The van der Waals surface area contributed by atoms with Crippen LogP contribution in [0.1, 0.15) is 42.1 Å². The Morgan fingerprint density at radius 1 is 1.10 bits per heavy atom. The van der Waals surface area contributed by atoms with Gasteiger partial charge in [-0.3, -0.25) is 9.59 Å². The summed E-state index contributed by atoms with van der Waals surface area (Å²) in [5.74, 6) is 0.453. The predicted octanol–water partition coefficient (Wildman–Crippen LogP) is 3.63.